The van der Waals surface area contributed by atoms with Crippen molar-refractivity contribution in [3.05, 3.63) is 25.3 Å². The van der Waals surface area contributed by atoms with Gasteiger partial charge in [0.2, 0.25) is 0 Å². The summed E-state index contributed by atoms with van der Waals surface area (Å²) in [5, 5.41) is 7.65. The van der Waals surface area contributed by atoms with Crippen LogP contribution >= 0.6 is 0 Å². The lowest BCUT2D eigenvalue weighted by Gasteiger charge is -1.99. The second-order valence-electron chi connectivity index (χ2n) is 2.72. The van der Waals surface area contributed by atoms with Crippen molar-refractivity contribution in [2.45, 2.75) is 13.1 Å². The zero-order valence-corrected chi connectivity index (χ0v) is 7.32. The summed E-state index contributed by atoms with van der Waals surface area (Å²) in [5.74, 6) is 0.000926. The molecule has 2 aromatic rings. The molecule has 2 aromatic heterocycles. The summed E-state index contributed by atoms with van der Waals surface area (Å²) in [6.45, 7) is 0.416. The first-order valence-electron chi connectivity index (χ1n) is 4.01. The van der Waals surface area contributed by atoms with Crippen LogP contribution in [0.25, 0.3) is 0 Å². The maximum Gasteiger partial charge on any atom is 0.175 e. The van der Waals surface area contributed by atoms with Gasteiger partial charge in [-0.05, 0) is 0 Å². The minimum absolute atomic E-state index is 0.000926. The molecule has 2 heterocycles. The molecule has 0 unspecified atom stereocenters. The Hall–Kier alpha value is -2.05. The van der Waals surface area contributed by atoms with Gasteiger partial charge in [-0.1, -0.05) is 0 Å². The van der Waals surface area contributed by atoms with Crippen LogP contribution in [-0.4, -0.2) is 35.3 Å². The lowest BCUT2D eigenvalue weighted by atomic mass is 10.4. The first-order valence-corrected chi connectivity index (χ1v) is 4.01. The van der Waals surface area contributed by atoms with E-state index in [4.69, 9.17) is 0 Å². The summed E-state index contributed by atoms with van der Waals surface area (Å²) in [5.41, 5.74) is 0. The van der Waals surface area contributed by atoms with E-state index in [9.17, 15) is 4.79 Å². The van der Waals surface area contributed by atoms with Crippen molar-refractivity contribution in [1.82, 2.24) is 29.5 Å². The van der Waals surface area contributed by atoms with Crippen molar-refractivity contribution in [2.24, 2.45) is 0 Å². The average Bonchev–Trinajstić information content (AvgIpc) is 2.76. The number of carbonyl (C=O) groups excluding carboxylic acids is 1. The van der Waals surface area contributed by atoms with Crippen LogP contribution < -0.4 is 0 Å². The van der Waals surface area contributed by atoms with Crippen LogP contribution in [0.4, 0.5) is 0 Å². The number of hydrogen-bond donors (Lipinski definition) is 0. The number of ketones is 1. The van der Waals surface area contributed by atoms with Gasteiger partial charge in [-0.3, -0.25) is 4.79 Å². The number of aromatic nitrogens is 6. The smallest absolute Gasteiger partial charge is 0.175 e. The summed E-state index contributed by atoms with van der Waals surface area (Å²) in [4.78, 5) is 18.9. The third-order valence-electron chi connectivity index (χ3n) is 1.61. The van der Waals surface area contributed by atoms with Crippen LogP contribution in [0.15, 0.2) is 25.3 Å². The van der Waals surface area contributed by atoms with Gasteiger partial charge in [-0.25, -0.2) is 19.3 Å². The SMILES string of the molecule is O=C(Cn1cncn1)Cn1cncn1. The van der Waals surface area contributed by atoms with Crippen molar-refractivity contribution in [3.8, 4) is 0 Å². The highest BCUT2D eigenvalue weighted by molar-refractivity contribution is 5.77. The monoisotopic (exact) mass is 192 g/mol. The molecule has 7 heteroatoms. The van der Waals surface area contributed by atoms with Gasteiger partial charge < -0.3 is 0 Å². The molecule has 0 aliphatic heterocycles. The van der Waals surface area contributed by atoms with Crippen LogP contribution in [0, 0.1) is 0 Å². The van der Waals surface area contributed by atoms with Crippen LogP contribution in [0.5, 0.6) is 0 Å². The third kappa shape index (κ3) is 2.00. The zero-order chi connectivity index (χ0) is 9.80. The van der Waals surface area contributed by atoms with Crippen LogP contribution in [0.3, 0.4) is 0 Å². The Labute approximate surface area is 79.4 Å². The van der Waals surface area contributed by atoms with Crippen molar-refractivity contribution >= 4 is 5.78 Å². The number of hydrogen-bond acceptors (Lipinski definition) is 5. The summed E-state index contributed by atoms with van der Waals surface area (Å²) in [7, 11) is 0. The van der Waals surface area contributed by atoms with Crippen molar-refractivity contribution in [2.75, 3.05) is 0 Å². The van der Waals surface area contributed by atoms with E-state index < -0.39 is 0 Å². The van der Waals surface area contributed by atoms with E-state index in [1.54, 1.807) is 0 Å². The van der Waals surface area contributed by atoms with Crippen LogP contribution in [0.2, 0.25) is 0 Å². The lowest BCUT2D eigenvalue weighted by molar-refractivity contribution is -0.120. The van der Waals surface area contributed by atoms with Gasteiger partial charge in [0.25, 0.3) is 0 Å². The normalized spacial score (nSPS) is 10.3. The minimum Gasteiger partial charge on any atom is -0.296 e. The van der Waals surface area contributed by atoms with Crippen LogP contribution in [0.1, 0.15) is 0 Å². The predicted octanol–water partition coefficient (Wildman–Crippen LogP) is -0.861. The highest BCUT2D eigenvalue weighted by Gasteiger charge is 2.04. The molecule has 0 fully saturated rings. The highest BCUT2D eigenvalue weighted by atomic mass is 16.1. The predicted molar refractivity (Wildman–Crippen MR) is 45.1 cm³/mol. The molecule has 0 aliphatic rings. The molecular formula is C7H8N6O. The second-order valence-corrected chi connectivity index (χ2v) is 2.72. The molecule has 0 spiro atoms. The molecule has 72 valence electrons. The summed E-state index contributed by atoms with van der Waals surface area (Å²) in [6.07, 6.45) is 5.78. The largest absolute Gasteiger partial charge is 0.296 e. The van der Waals surface area contributed by atoms with E-state index in [1.165, 1.54) is 34.7 Å². The van der Waals surface area contributed by atoms with E-state index in [-0.39, 0.29) is 18.9 Å². The van der Waals surface area contributed by atoms with Gasteiger partial charge in [0, 0.05) is 0 Å². The molecule has 2 rings (SSSR count). The molecule has 7 nitrogen and oxygen atoms in total. The van der Waals surface area contributed by atoms with E-state index >= 15 is 0 Å². The lowest BCUT2D eigenvalue weighted by Crippen LogP contribution is -2.17. The molecule has 0 saturated carbocycles. The Balaban J connectivity index is 1.91. The molecule has 14 heavy (non-hydrogen) atoms. The number of nitrogens with zero attached hydrogens (tertiary/aromatic N) is 6. The van der Waals surface area contributed by atoms with Crippen LogP contribution in [-0.2, 0) is 17.9 Å². The molecule has 0 saturated heterocycles. The molecule has 0 aromatic carbocycles. The molecule has 0 atom stereocenters. The van der Waals surface area contributed by atoms with E-state index in [1.807, 2.05) is 0 Å². The molecule has 0 amide bonds. The first-order chi connectivity index (χ1) is 6.84. The summed E-state index contributed by atoms with van der Waals surface area (Å²) < 4.78 is 2.94. The Morgan fingerprint density at radius 3 is 1.86 bits per heavy atom. The zero-order valence-electron chi connectivity index (χ0n) is 7.32. The van der Waals surface area contributed by atoms with Gasteiger partial charge in [0.05, 0.1) is 0 Å². The fourth-order valence-electron chi connectivity index (χ4n) is 1.04. The highest BCUT2D eigenvalue weighted by Crippen LogP contribution is 1.87. The van der Waals surface area contributed by atoms with Crippen molar-refractivity contribution in [1.29, 1.82) is 0 Å². The number of carbonyl (C=O) groups is 1. The first kappa shape index (κ1) is 8.54. The molecule has 0 aliphatic carbocycles. The quantitative estimate of drug-likeness (QED) is 0.629. The maximum atomic E-state index is 11.4. The van der Waals surface area contributed by atoms with Gasteiger partial charge in [0.1, 0.15) is 38.4 Å². The molecule has 0 N–H and O–H groups in total. The standard InChI is InChI=1S/C7H8N6O/c14-7(1-12-5-8-3-10-12)2-13-6-9-4-11-13/h3-6H,1-2H2. The van der Waals surface area contributed by atoms with Gasteiger partial charge >= 0.3 is 0 Å². The fourth-order valence-corrected chi connectivity index (χ4v) is 1.04. The van der Waals surface area contributed by atoms with Gasteiger partial charge in [0.15, 0.2) is 5.78 Å². The Kier molecular flexibility index (Phi) is 2.30. The Bertz CT molecular complexity index is 354. The van der Waals surface area contributed by atoms with Gasteiger partial charge in [-0.2, -0.15) is 10.2 Å². The average molecular weight is 192 g/mol. The molecule has 0 bridgehead atoms. The Morgan fingerprint density at radius 2 is 1.50 bits per heavy atom. The van der Waals surface area contributed by atoms with Crippen molar-refractivity contribution < 1.29 is 4.79 Å². The topological polar surface area (TPSA) is 78.5 Å². The van der Waals surface area contributed by atoms with E-state index in [0.29, 0.717) is 0 Å². The van der Waals surface area contributed by atoms with E-state index in [0.717, 1.165) is 0 Å². The maximum absolute atomic E-state index is 11.4. The third-order valence-corrected chi connectivity index (χ3v) is 1.61. The van der Waals surface area contributed by atoms with Gasteiger partial charge in [-0.15, -0.1) is 0 Å². The number of Topliss-reactive ketones (excluding diaryl/α,β-unsaturated/α-hetero) is 1. The van der Waals surface area contributed by atoms with Crippen molar-refractivity contribution in [3.63, 3.8) is 0 Å². The Morgan fingerprint density at radius 1 is 1.00 bits per heavy atom. The molecule has 0 radical (unpaired) electrons. The number of rotatable bonds is 4. The fraction of sp³-hybridized carbons (Fsp3) is 0.286. The second kappa shape index (κ2) is 3.77. The molecular weight excluding hydrogens is 184 g/mol. The minimum atomic E-state index is 0.000926. The summed E-state index contributed by atoms with van der Waals surface area (Å²) in [6, 6.07) is 0. The van der Waals surface area contributed by atoms with E-state index in [2.05, 4.69) is 20.2 Å². The summed E-state index contributed by atoms with van der Waals surface area (Å²) >= 11 is 0.